The number of likely N-dealkylation sites (N-methyl/N-ethyl adjacent to an activating group) is 1. The van der Waals surface area contributed by atoms with Gasteiger partial charge in [0.25, 0.3) is 0 Å². The molecule has 5 heteroatoms. The van der Waals surface area contributed by atoms with Gasteiger partial charge in [-0.15, -0.1) is 0 Å². The van der Waals surface area contributed by atoms with E-state index in [0.29, 0.717) is 6.54 Å². The molecular formula is C19H23ClN2O2. The lowest BCUT2D eigenvalue weighted by molar-refractivity contribution is 0.138. The van der Waals surface area contributed by atoms with Crippen LogP contribution in [-0.4, -0.2) is 25.7 Å². The molecule has 1 atom stereocenters. The van der Waals surface area contributed by atoms with Gasteiger partial charge in [0.05, 0.1) is 0 Å². The van der Waals surface area contributed by atoms with Crippen LogP contribution in [0.5, 0.6) is 0 Å². The van der Waals surface area contributed by atoms with Crippen molar-refractivity contribution in [2.45, 2.75) is 26.0 Å². The Morgan fingerprint density at radius 2 is 1.92 bits per heavy atom. The van der Waals surface area contributed by atoms with E-state index in [1.807, 2.05) is 56.4 Å². The predicted molar refractivity (Wildman–Crippen MR) is 97.4 cm³/mol. The Bertz CT molecular complexity index is 662. The van der Waals surface area contributed by atoms with Crippen LogP contribution in [0.2, 0.25) is 5.02 Å². The third-order valence-corrected chi connectivity index (χ3v) is 4.24. The van der Waals surface area contributed by atoms with Gasteiger partial charge in [-0.05, 0) is 43.1 Å². The molecule has 128 valence electrons. The summed E-state index contributed by atoms with van der Waals surface area (Å²) >= 11 is 6.05. The smallest absolute Gasteiger partial charge is 0.407 e. The Morgan fingerprint density at radius 1 is 1.17 bits per heavy atom. The molecule has 0 aliphatic rings. The van der Waals surface area contributed by atoms with Crippen molar-refractivity contribution in [3.8, 4) is 0 Å². The van der Waals surface area contributed by atoms with E-state index in [9.17, 15) is 4.79 Å². The summed E-state index contributed by atoms with van der Waals surface area (Å²) in [6.45, 7) is 2.75. The van der Waals surface area contributed by atoms with Gasteiger partial charge >= 0.3 is 6.09 Å². The van der Waals surface area contributed by atoms with Crippen LogP contribution >= 0.6 is 11.6 Å². The number of nitrogens with one attached hydrogen (secondary N) is 2. The molecule has 0 aliphatic heterocycles. The van der Waals surface area contributed by atoms with Gasteiger partial charge in [-0.1, -0.05) is 54.1 Å². The van der Waals surface area contributed by atoms with Gasteiger partial charge in [0.15, 0.2) is 0 Å². The minimum atomic E-state index is -0.411. The summed E-state index contributed by atoms with van der Waals surface area (Å²) in [6, 6.07) is 15.7. The number of rotatable bonds is 7. The Labute approximate surface area is 148 Å². The quantitative estimate of drug-likeness (QED) is 0.803. The van der Waals surface area contributed by atoms with Gasteiger partial charge in [-0.3, -0.25) is 0 Å². The molecule has 2 aromatic carbocycles. The molecule has 2 aromatic rings. The van der Waals surface area contributed by atoms with E-state index in [1.54, 1.807) is 0 Å². The molecule has 4 nitrogen and oxygen atoms in total. The highest BCUT2D eigenvalue weighted by Crippen LogP contribution is 2.17. The molecule has 0 spiro atoms. The number of hydrogen-bond donors (Lipinski definition) is 2. The molecule has 2 N–H and O–H groups in total. The first-order valence-corrected chi connectivity index (χ1v) is 8.33. The van der Waals surface area contributed by atoms with E-state index in [2.05, 4.69) is 16.7 Å². The SMILES string of the molecule is CNC(CNC(=O)OCc1ccccc1)Cc1ccc(Cl)c(C)c1. The van der Waals surface area contributed by atoms with E-state index in [1.165, 1.54) is 5.56 Å². The van der Waals surface area contributed by atoms with Crippen LogP contribution in [0.25, 0.3) is 0 Å². The summed E-state index contributed by atoms with van der Waals surface area (Å²) in [6.07, 6.45) is 0.388. The molecule has 0 heterocycles. The van der Waals surface area contributed by atoms with E-state index in [4.69, 9.17) is 16.3 Å². The van der Waals surface area contributed by atoms with Crippen LogP contribution in [-0.2, 0) is 17.8 Å². The van der Waals surface area contributed by atoms with Crippen molar-refractivity contribution in [2.75, 3.05) is 13.6 Å². The van der Waals surface area contributed by atoms with Gasteiger partial charge in [0.2, 0.25) is 0 Å². The number of benzene rings is 2. The van der Waals surface area contributed by atoms with Crippen molar-refractivity contribution in [3.63, 3.8) is 0 Å². The summed E-state index contributed by atoms with van der Waals surface area (Å²) in [7, 11) is 1.88. The largest absolute Gasteiger partial charge is 0.445 e. The molecule has 0 radical (unpaired) electrons. The third kappa shape index (κ3) is 5.87. The van der Waals surface area contributed by atoms with Crippen LogP contribution in [0.3, 0.4) is 0 Å². The van der Waals surface area contributed by atoms with Crippen molar-refractivity contribution in [1.82, 2.24) is 10.6 Å². The molecule has 0 saturated carbocycles. The predicted octanol–water partition coefficient (Wildman–Crippen LogP) is 3.71. The second-order valence-electron chi connectivity index (χ2n) is 5.72. The standard InChI is InChI=1S/C19H23ClN2O2/c1-14-10-16(8-9-18(14)20)11-17(21-2)12-22-19(23)24-13-15-6-4-3-5-7-15/h3-10,17,21H,11-13H2,1-2H3,(H,22,23). The van der Waals surface area contributed by atoms with Crippen LogP contribution < -0.4 is 10.6 Å². The number of hydrogen-bond acceptors (Lipinski definition) is 3. The first-order valence-electron chi connectivity index (χ1n) is 7.95. The number of amides is 1. The molecule has 0 bridgehead atoms. The molecule has 1 amide bonds. The number of alkyl carbamates (subject to hydrolysis) is 1. The fraction of sp³-hybridized carbons (Fsp3) is 0.316. The summed E-state index contributed by atoms with van der Waals surface area (Å²) in [5.74, 6) is 0. The molecule has 0 aromatic heterocycles. The lowest BCUT2D eigenvalue weighted by atomic mass is 10.0. The van der Waals surface area contributed by atoms with Gasteiger partial charge < -0.3 is 15.4 Å². The summed E-state index contributed by atoms with van der Waals surface area (Å²) in [5, 5.41) is 6.78. The van der Waals surface area contributed by atoms with Crippen molar-refractivity contribution in [2.24, 2.45) is 0 Å². The van der Waals surface area contributed by atoms with Crippen LogP contribution in [0.1, 0.15) is 16.7 Å². The zero-order chi connectivity index (χ0) is 17.4. The third-order valence-electron chi connectivity index (χ3n) is 3.82. The average molecular weight is 347 g/mol. The van der Waals surface area contributed by atoms with Gasteiger partial charge in [0.1, 0.15) is 6.61 Å². The minimum absolute atomic E-state index is 0.120. The zero-order valence-corrected chi connectivity index (χ0v) is 14.8. The Kier molecular flexibility index (Phi) is 7.09. The van der Waals surface area contributed by atoms with Crippen LogP contribution in [0.15, 0.2) is 48.5 Å². The Hall–Kier alpha value is -2.04. The summed E-state index contributed by atoms with van der Waals surface area (Å²) in [5.41, 5.74) is 3.20. The first kappa shape index (κ1) is 18.3. The minimum Gasteiger partial charge on any atom is -0.445 e. The maximum absolute atomic E-state index is 11.8. The topological polar surface area (TPSA) is 50.4 Å². The Morgan fingerprint density at radius 3 is 2.58 bits per heavy atom. The van der Waals surface area contributed by atoms with Gasteiger partial charge in [-0.25, -0.2) is 4.79 Å². The summed E-state index contributed by atoms with van der Waals surface area (Å²) < 4.78 is 5.21. The maximum atomic E-state index is 11.8. The molecule has 0 saturated heterocycles. The highest BCUT2D eigenvalue weighted by molar-refractivity contribution is 6.31. The summed E-state index contributed by atoms with van der Waals surface area (Å²) in [4.78, 5) is 11.8. The molecule has 2 rings (SSSR count). The van der Waals surface area contributed by atoms with E-state index >= 15 is 0 Å². The Balaban J connectivity index is 1.77. The first-order chi connectivity index (χ1) is 11.6. The monoisotopic (exact) mass is 346 g/mol. The number of carbonyl (C=O) groups excluding carboxylic acids is 1. The number of carbonyl (C=O) groups is 1. The van der Waals surface area contributed by atoms with Crippen LogP contribution in [0.4, 0.5) is 4.79 Å². The van der Waals surface area contributed by atoms with Crippen molar-refractivity contribution >= 4 is 17.7 Å². The van der Waals surface area contributed by atoms with Crippen molar-refractivity contribution in [3.05, 3.63) is 70.2 Å². The van der Waals surface area contributed by atoms with Gasteiger partial charge in [0, 0.05) is 17.6 Å². The maximum Gasteiger partial charge on any atom is 0.407 e. The normalized spacial score (nSPS) is 11.8. The van der Waals surface area contributed by atoms with E-state index in [0.717, 1.165) is 22.6 Å². The van der Waals surface area contributed by atoms with Crippen LogP contribution in [0, 0.1) is 6.92 Å². The highest BCUT2D eigenvalue weighted by Gasteiger charge is 2.11. The zero-order valence-electron chi connectivity index (χ0n) is 14.0. The number of halogens is 1. The fourth-order valence-corrected chi connectivity index (χ4v) is 2.49. The van der Waals surface area contributed by atoms with Crippen molar-refractivity contribution < 1.29 is 9.53 Å². The lowest BCUT2D eigenvalue weighted by Gasteiger charge is -2.17. The molecule has 0 fully saturated rings. The fourth-order valence-electron chi connectivity index (χ4n) is 2.38. The van der Waals surface area contributed by atoms with E-state index in [-0.39, 0.29) is 12.6 Å². The van der Waals surface area contributed by atoms with Crippen molar-refractivity contribution in [1.29, 1.82) is 0 Å². The average Bonchev–Trinajstić information content (AvgIpc) is 2.60. The molecule has 1 unspecified atom stereocenters. The second kappa shape index (κ2) is 9.30. The second-order valence-corrected chi connectivity index (χ2v) is 6.12. The van der Waals surface area contributed by atoms with E-state index < -0.39 is 6.09 Å². The number of aryl methyl sites for hydroxylation is 1. The lowest BCUT2D eigenvalue weighted by Crippen LogP contribution is -2.40. The highest BCUT2D eigenvalue weighted by atomic mass is 35.5. The number of ether oxygens (including phenoxy) is 1. The molecule has 24 heavy (non-hydrogen) atoms. The van der Waals surface area contributed by atoms with Gasteiger partial charge in [-0.2, -0.15) is 0 Å². The molecule has 0 aliphatic carbocycles. The molecular weight excluding hydrogens is 324 g/mol.